The highest BCUT2D eigenvalue weighted by Gasteiger charge is 2.54. The van der Waals surface area contributed by atoms with E-state index in [4.69, 9.17) is 52.1 Å². The molecule has 2 aromatic carbocycles. The summed E-state index contributed by atoms with van der Waals surface area (Å²) in [7, 11) is 1.40. The van der Waals surface area contributed by atoms with Gasteiger partial charge in [-0.15, -0.1) is 0 Å². The molecule has 2 aliphatic rings. The summed E-state index contributed by atoms with van der Waals surface area (Å²) in [6.07, 6.45) is -12.3. The van der Waals surface area contributed by atoms with E-state index < -0.39 is 97.9 Å². The maximum absolute atomic E-state index is 12.6. The van der Waals surface area contributed by atoms with E-state index in [-0.39, 0.29) is 19.8 Å². The molecule has 0 amide bonds. The standard InChI is InChI=1S/C37H46O16/c1-21(38)44-19-29-31(48-22(2)39)33(50-24(4)41)35(51-25(5)42)37(53-29)47-20-28-30(45-17-26-13-9-7-10-14-26)32(49-23(3)40)34(36(43-6)52-28)46-18-27-15-11-8-12-16-27/h7-16,28-37H,17-20H2,1-6H3/t28-,29-,30-,31-,32+,33+,34+,35+,36+,37+/m1/s1. The topological polar surface area (TPSA) is 187 Å². The van der Waals surface area contributed by atoms with Crippen LogP contribution in [-0.2, 0) is 89.3 Å². The van der Waals surface area contributed by atoms with Crippen LogP contribution in [0.4, 0.5) is 0 Å². The van der Waals surface area contributed by atoms with E-state index in [0.717, 1.165) is 31.9 Å². The Morgan fingerprint density at radius 3 is 1.42 bits per heavy atom. The van der Waals surface area contributed by atoms with Crippen molar-refractivity contribution in [1.29, 1.82) is 0 Å². The first-order valence-corrected chi connectivity index (χ1v) is 16.9. The van der Waals surface area contributed by atoms with Crippen LogP contribution >= 0.6 is 0 Å². The smallest absolute Gasteiger partial charge is 0.303 e. The lowest BCUT2D eigenvalue weighted by atomic mass is 9.97. The molecule has 0 bridgehead atoms. The number of benzene rings is 2. The molecule has 53 heavy (non-hydrogen) atoms. The van der Waals surface area contributed by atoms with Crippen LogP contribution in [0.1, 0.15) is 45.7 Å². The number of hydrogen-bond donors (Lipinski definition) is 0. The Morgan fingerprint density at radius 2 is 0.925 bits per heavy atom. The third-order valence-corrected chi connectivity index (χ3v) is 8.07. The molecule has 2 fully saturated rings. The molecule has 2 saturated heterocycles. The van der Waals surface area contributed by atoms with Gasteiger partial charge in [0.2, 0.25) is 0 Å². The normalized spacial score (nSPS) is 28.3. The van der Waals surface area contributed by atoms with Gasteiger partial charge in [-0.2, -0.15) is 0 Å². The van der Waals surface area contributed by atoms with Crippen molar-refractivity contribution < 1.29 is 76.1 Å². The molecule has 0 N–H and O–H groups in total. The Balaban J connectivity index is 1.67. The Hall–Kier alpha value is -4.45. The zero-order valence-corrected chi connectivity index (χ0v) is 30.4. The molecule has 0 unspecified atom stereocenters. The Morgan fingerprint density at radius 1 is 0.491 bits per heavy atom. The number of carbonyl (C=O) groups is 5. The average molecular weight is 747 g/mol. The van der Waals surface area contributed by atoms with Crippen LogP contribution in [0.3, 0.4) is 0 Å². The number of carbonyl (C=O) groups excluding carboxylic acids is 5. The van der Waals surface area contributed by atoms with E-state index >= 15 is 0 Å². The average Bonchev–Trinajstić information content (AvgIpc) is 3.10. The van der Waals surface area contributed by atoms with Crippen LogP contribution in [0.5, 0.6) is 0 Å². The van der Waals surface area contributed by atoms with Gasteiger partial charge >= 0.3 is 29.8 Å². The lowest BCUT2D eigenvalue weighted by Gasteiger charge is -2.46. The minimum atomic E-state index is -1.51. The van der Waals surface area contributed by atoms with Crippen molar-refractivity contribution in [2.45, 2.75) is 109 Å². The molecule has 2 aliphatic heterocycles. The zero-order chi connectivity index (χ0) is 38.5. The quantitative estimate of drug-likeness (QED) is 0.180. The largest absolute Gasteiger partial charge is 0.463 e. The summed E-state index contributed by atoms with van der Waals surface area (Å²) >= 11 is 0. The van der Waals surface area contributed by atoms with Gasteiger partial charge < -0.3 is 52.1 Å². The summed E-state index contributed by atoms with van der Waals surface area (Å²) in [5.74, 6) is -3.65. The van der Waals surface area contributed by atoms with Gasteiger partial charge in [0.15, 0.2) is 37.0 Å². The first-order valence-electron chi connectivity index (χ1n) is 16.9. The number of rotatable bonds is 16. The molecule has 4 rings (SSSR count). The molecule has 16 nitrogen and oxygen atoms in total. The maximum Gasteiger partial charge on any atom is 0.303 e. The summed E-state index contributed by atoms with van der Waals surface area (Å²) < 4.78 is 64.5. The maximum atomic E-state index is 12.6. The summed E-state index contributed by atoms with van der Waals surface area (Å²) in [6.45, 7) is 5.17. The Kier molecular flexibility index (Phi) is 15.7. The lowest BCUT2D eigenvalue weighted by Crippen LogP contribution is -2.64. The van der Waals surface area contributed by atoms with Crippen molar-refractivity contribution in [2.75, 3.05) is 20.3 Å². The second kappa shape index (κ2) is 20.1. The highest BCUT2D eigenvalue weighted by Crippen LogP contribution is 2.33. The molecule has 10 atom stereocenters. The van der Waals surface area contributed by atoms with Gasteiger partial charge in [0.1, 0.15) is 31.0 Å². The van der Waals surface area contributed by atoms with E-state index in [0.29, 0.717) is 0 Å². The van der Waals surface area contributed by atoms with E-state index in [2.05, 4.69) is 0 Å². The van der Waals surface area contributed by atoms with Crippen molar-refractivity contribution in [3.8, 4) is 0 Å². The Labute approximate surface area is 307 Å². The van der Waals surface area contributed by atoms with Crippen LogP contribution in [0.15, 0.2) is 60.7 Å². The van der Waals surface area contributed by atoms with Gasteiger partial charge in [-0.05, 0) is 11.1 Å². The summed E-state index contributed by atoms with van der Waals surface area (Å²) in [4.78, 5) is 61.1. The third kappa shape index (κ3) is 12.3. The molecule has 0 spiro atoms. The molecule has 0 aromatic heterocycles. The molecule has 16 heteroatoms. The molecule has 0 saturated carbocycles. The molecule has 0 radical (unpaired) electrons. The number of methoxy groups -OCH3 is 1. The first-order chi connectivity index (χ1) is 25.4. The van der Waals surface area contributed by atoms with Crippen molar-refractivity contribution in [3.05, 3.63) is 71.8 Å². The minimum absolute atomic E-state index is 0.0746. The SMILES string of the molecule is CO[C@H]1O[C@H](CO[C@H]2O[C@H](COC(C)=O)[C@@H](OC(C)=O)[C@H](OC(C)=O)[C@@H]2OC(C)=O)[C@@H](OCc2ccccc2)[C@H](OC(C)=O)[C@@H]1OCc1ccccc1. The van der Waals surface area contributed by atoms with Crippen molar-refractivity contribution in [2.24, 2.45) is 0 Å². The fourth-order valence-electron chi connectivity index (χ4n) is 5.95. The van der Waals surface area contributed by atoms with E-state index in [1.165, 1.54) is 21.0 Å². The van der Waals surface area contributed by atoms with Gasteiger partial charge in [-0.3, -0.25) is 24.0 Å². The van der Waals surface area contributed by atoms with Crippen LogP contribution in [0.2, 0.25) is 0 Å². The highest BCUT2D eigenvalue weighted by molar-refractivity contribution is 5.69. The van der Waals surface area contributed by atoms with Crippen molar-refractivity contribution >= 4 is 29.8 Å². The lowest BCUT2D eigenvalue weighted by molar-refractivity contribution is -0.339. The molecule has 0 aliphatic carbocycles. The molecule has 290 valence electrons. The molecule has 2 heterocycles. The van der Waals surface area contributed by atoms with Crippen LogP contribution < -0.4 is 0 Å². The second-order valence-electron chi connectivity index (χ2n) is 12.3. The van der Waals surface area contributed by atoms with Crippen molar-refractivity contribution in [1.82, 2.24) is 0 Å². The molecular formula is C37H46O16. The summed E-state index contributed by atoms with van der Waals surface area (Å²) in [6, 6.07) is 18.6. The fraction of sp³-hybridized carbons (Fsp3) is 0.541. The number of ether oxygens (including phenoxy) is 11. The highest BCUT2D eigenvalue weighted by atomic mass is 16.8. The predicted molar refractivity (Wildman–Crippen MR) is 179 cm³/mol. The van der Waals surface area contributed by atoms with Gasteiger partial charge in [-0.25, -0.2) is 0 Å². The summed E-state index contributed by atoms with van der Waals surface area (Å²) in [5.41, 5.74) is 1.66. The van der Waals surface area contributed by atoms with Crippen LogP contribution in [-0.4, -0.2) is 112 Å². The molecule has 2 aromatic rings. The van der Waals surface area contributed by atoms with Gasteiger partial charge in [0.05, 0.1) is 19.8 Å². The third-order valence-electron chi connectivity index (χ3n) is 8.07. The monoisotopic (exact) mass is 746 g/mol. The second-order valence-corrected chi connectivity index (χ2v) is 12.3. The Bertz CT molecular complexity index is 1500. The van der Waals surface area contributed by atoms with E-state index in [9.17, 15) is 24.0 Å². The van der Waals surface area contributed by atoms with E-state index in [1.54, 1.807) is 0 Å². The minimum Gasteiger partial charge on any atom is -0.463 e. The van der Waals surface area contributed by atoms with E-state index in [1.807, 2.05) is 60.7 Å². The molecular weight excluding hydrogens is 700 g/mol. The predicted octanol–water partition coefficient (Wildman–Crippen LogP) is 2.56. The van der Waals surface area contributed by atoms with Crippen molar-refractivity contribution in [3.63, 3.8) is 0 Å². The van der Waals surface area contributed by atoms with Gasteiger partial charge in [0.25, 0.3) is 0 Å². The first kappa shape index (κ1) is 41.3. The fourth-order valence-corrected chi connectivity index (χ4v) is 5.95. The zero-order valence-electron chi connectivity index (χ0n) is 30.4. The number of esters is 5. The van der Waals surface area contributed by atoms with Crippen LogP contribution in [0, 0.1) is 0 Å². The van der Waals surface area contributed by atoms with Crippen LogP contribution in [0.25, 0.3) is 0 Å². The number of hydrogen-bond acceptors (Lipinski definition) is 16. The summed E-state index contributed by atoms with van der Waals surface area (Å²) in [5, 5.41) is 0. The van der Waals surface area contributed by atoms with Gasteiger partial charge in [0, 0.05) is 41.7 Å². The van der Waals surface area contributed by atoms with Gasteiger partial charge in [-0.1, -0.05) is 60.7 Å².